The van der Waals surface area contributed by atoms with E-state index < -0.39 is 5.97 Å². The largest absolute Gasteiger partial charge is 0.496 e. The molecule has 0 atom stereocenters. The van der Waals surface area contributed by atoms with Gasteiger partial charge in [0, 0.05) is 6.42 Å². The molecule has 120 valence electrons. The third-order valence-corrected chi connectivity index (χ3v) is 3.69. The molecule has 5 nitrogen and oxygen atoms in total. The molecule has 0 heterocycles. The monoisotopic (exact) mass is 377 g/mol. The van der Waals surface area contributed by atoms with Gasteiger partial charge in [-0.05, 0) is 46.3 Å². The Morgan fingerprint density at radius 2 is 1.87 bits per heavy atom. The normalized spacial score (nSPS) is 10.0. The lowest BCUT2D eigenvalue weighted by Gasteiger charge is -2.11. The van der Waals surface area contributed by atoms with Crippen molar-refractivity contribution in [1.82, 2.24) is 0 Å². The molecule has 0 unspecified atom stereocenters. The van der Waals surface area contributed by atoms with Crippen LogP contribution in [0.15, 0.2) is 46.9 Å². The first kappa shape index (κ1) is 17.0. The Hall–Kier alpha value is -2.34. The topological polar surface area (TPSA) is 64.6 Å². The van der Waals surface area contributed by atoms with Crippen molar-refractivity contribution in [3.63, 3.8) is 0 Å². The van der Waals surface area contributed by atoms with E-state index in [-0.39, 0.29) is 5.91 Å². The predicted molar refractivity (Wildman–Crippen MR) is 91.0 cm³/mol. The number of halogens is 1. The SMILES string of the molecule is CCC(=O)Nc1ccccc1OC(=O)c1ccc(OC)c(Br)c1. The Balaban J connectivity index is 2.20. The number of ether oxygens (including phenoxy) is 2. The van der Waals surface area contributed by atoms with E-state index in [4.69, 9.17) is 9.47 Å². The zero-order valence-corrected chi connectivity index (χ0v) is 14.3. The minimum absolute atomic E-state index is 0.152. The molecular formula is C17H16BrNO4. The number of hydrogen-bond donors (Lipinski definition) is 1. The molecule has 0 aliphatic heterocycles. The summed E-state index contributed by atoms with van der Waals surface area (Å²) in [5.74, 6) is 0.246. The fourth-order valence-electron chi connectivity index (χ4n) is 1.85. The number of nitrogens with one attached hydrogen (secondary N) is 1. The number of hydrogen-bond acceptors (Lipinski definition) is 4. The van der Waals surface area contributed by atoms with Gasteiger partial charge in [-0.3, -0.25) is 4.79 Å². The summed E-state index contributed by atoms with van der Waals surface area (Å²) in [5.41, 5.74) is 0.828. The Labute approximate surface area is 142 Å². The number of methoxy groups -OCH3 is 1. The first-order valence-corrected chi connectivity index (χ1v) is 7.79. The molecule has 0 radical (unpaired) electrons. The van der Waals surface area contributed by atoms with E-state index in [1.807, 2.05) is 0 Å². The first-order valence-electron chi connectivity index (χ1n) is 6.99. The summed E-state index contributed by atoms with van der Waals surface area (Å²) in [6.07, 6.45) is 0.341. The zero-order valence-electron chi connectivity index (χ0n) is 12.8. The minimum atomic E-state index is -0.522. The first-order chi connectivity index (χ1) is 11.0. The molecule has 1 amide bonds. The van der Waals surface area contributed by atoms with Gasteiger partial charge in [-0.1, -0.05) is 19.1 Å². The van der Waals surface area contributed by atoms with E-state index in [1.54, 1.807) is 56.5 Å². The molecule has 0 fully saturated rings. The molecule has 0 aliphatic rings. The maximum absolute atomic E-state index is 12.3. The summed E-state index contributed by atoms with van der Waals surface area (Å²) >= 11 is 3.33. The van der Waals surface area contributed by atoms with Crippen molar-refractivity contribution in [2.45, 2.75) is 13.3 Å². The van der Waals surface area contributed by atoms with Gasteiger partial charge in [0.15, 0.2) is 5.75 Å². The molecule has 0 aromatic heterocycles. The van der Waals surface area contributed by atoms with Gasteiger partial charge in [0.05, 0.1) is 22.8 Å². The van der Waals surface area contributed by atoms with Gasteiger partial charge in [0.1, 0.15) is 5.75 Å². The van der Waals surface area contributed by atoms with Gasteiger partial charge in [-0.25, -0.2) is 4.79 Å². The van der Waals surface area contributed by atoms with Gasteiger partial charge >= 0.3 is 5.97 Å². The van der Waals surface area contributed by atoms with Crippen molar-refractivity contribution in [1.29, 1.82) is 0 Å². The van der Waals surface area contributed by atoms with Crippen molar-refractivity contribution < 1.29 is 19.1 Å². The van der Waals surface area contributed by atoms with Gasteiger partial charge in [0.25, 0.3) is 0 Å². The average molecular weight is 378 g/mol. The quantitative estimate of drug-likeness (QED) is 0.631. The Bertz CT molecular complexity index is 730. The van der Waals surface area contributed by atoms with Crippen LogP contribution in [0.2, 0.25) is 0 Å². The van der Waals surface area contributed by atoms with Crippen molar-refractivity contribution in [3.05, 3.63) is 52.5 Å². The number of amides is 1. The van der Waals surface area contributed by atoms with Crippen LogP contribution in [0.5, 0.6) is 11.5 Å². The number of rotatable bonds is 5. The Morgan fingerprint density at radius 1 is 1.13 bits per heavy atom. The Morgan fingerprint density at radius 3 is 2.52 bits per heavy atom. The van der Waals surface area contributed by atoms with Crippen LogP contribution in [0, 0.1) is 0 Å². The summed E-state index contributed by atoms with van der Waals surface area (Å²) in [7, 11) is 1.55. The smallest absolute Gasteiger partial charge is 0.343 e. The second-order valence-electron chi connectivity index (χ2n) is 4.64. The fraction of sp³-hybridized carbons (Fsp3) is 0.176. The summed E-state index contributed by atoms with van der Waals surface area (Å²) in [5, 5.41) is 2.70. The van der Waals surface area contributed by atoms with Crippen molar-refractivity contribution in [2.24, 2.45) is 0 Å². The van der Waals surface area contributed by atoms with E-state index in [0.29, 0.717) is 33.6 Å². The lowest BCUT2D eigenvalue weighted by atomic mass is 10.2. The molecule has 0 saturated carbocycles. The molecular weight excluding hydrogens is 362 g/mol. The number of benzene rings is 2. The highest BCUT2D eigenvalue weighted by molar-refractivity contribution is 9.10. The third kappa shape index (κ3) is 4.32. The van der Waals surface area contributed by atoms with Crippen LogP contribution in [-0.2, 0) is 4.79 Å². The highest BCUT2D eigenvalue weighted by atomic mass is 79.9. The number of carbonyl (C=O) groups excluding carboxylic acids is 2. The molecule has 2 aromatic rings. The van der Waals surface area contributed by atoms with Crippen LogP contribution in [0.25, 0.3) is 0 Å². The number of esters is 1. The highest BCUT2D eigenvalue weighted by Gasteiger charge is 2.14. The van der Waals surface area contributed by atoms with E-state index in [0.717, 1.165) is 0 Å². The molecule has 2 rings (SSSR count). The van der Waals surface area contributed by atoms with Gasteiger partial charge < -0.3 is 14.8 Å². The van der Waals surface area contributed by atoms with E-state index in [9.17, 15) is 9.59 Å². The summed E-state index contributed by atoms with van der Waals surface area (Å²) in [4.78, 5) is 23.8. The molecule has 2 aromatic carbocycles. The molecule has 23 heavy (non-hydrogen) atoms. The van der Waals surface area contributed by atoms with Crippen molar-refractivity contribution in [3.8, 4) is 11.5 Å². The molecule has 0 bridgehead atoms. The maximum atomic E-state index is 12.3. The lowest BCUT2D eigenvalue weighted by Crippen LogP contribution is -2.13. The molecule has 6 heteroatoms. The number of carbonyl (C=O) groups is 2. The van der Waals surface area contributed by atoms with E-state index in [2.05, 4.69) is 21.2 Å². The minimum Gasteiger partial charge on any atom is -0.496 e. The van der Waals surface area contributed by atoms with E-state index >= 15 is 0 Å². The predicted octanol–water partition coefficient (Wildman–Crippen LogP) is 4.03. The highest BCUT2D eigenvalue weighted by Crippen LogP contribution is 2.28. The number of para-hydroxylation sites is 2. The summed E-state index contributed by atoms with van der Waals surface area (Å²) in [6.45, 7) is 1.75. The molecule has 0 spiro atoms. The van der Waals surface area contributed by atoms with Crippen LogP contribution >= 0.6 is 15.9 Å². The van der Waals surface area contributed by atoms with Gasteiger partial charge in [-0.2, -0.15) is 0 Å². The second-order valence-corrected chi connectivity index (χ2v) is 5.49. The maximum Gasteiger partial charge on any atom is 0.343 e. The van der Waals surface area contributed by atoms with Gasteiger partial charge in [-0.15, -0.1) is 0 Å². The second kappa shape index (κ2) is 7.78. The van der Waals surface area contributed by atoms with Crippen LogP contribution in [0.4, 0.5) is 5.69 Å². The van der Waals surface area contributed by atoms with Crippen molar-refractivity contribution >= 4 is 33.5 Å². The Kier molecular flexibility index (Phi) is 5.76. The summed E-state index contributed by atoms with van der Waals surface area (Å²) in [6, 6.07) is 11.7. The van der Waals surface area contributed by atoms with Crippen molar-refractivity contribution in [2.75, 3.05) is 12.4 Å². The van der Waals surface area contributed by atoms with Crippen LogP contribution in [-0.4, -0.2) is 19.0 Å². The molecule has 1 N–H and O–H groups in total. The zero-order chi connectivity index (χ0) is 16.8. The lowest BCUT2D eigenvalue weighted by molar-refractivity contribution is -0.115. The number of anilines is 1. The average Bonchev–Trinajstić information content (AvgIpc) is 2.56. The fourth-order valence-corrected chi connectivity index (χ4v) is 2.39. The standard InChI is InChI=1S/C17H16BrNO4/c1-3-16(20)19-13-6-4-5-7-15(13)23-17(21)11-8-9-14(22-2)12(18)10-11/h4-10H,3H2,1-2H3,(H,19,20). The van der Waals surface area contributed by atoms with Crippen LogP contribution in [0.3, 0.4) is 0 Å². The van der Waals surface area contributed by atoms with Crippen LogP contribution < -0.4 is 14.8 Å². The van der Waals surface area contributed by atoms with Crippen LogP contribution in [0.1, 0.15) is 23.7 Å². The third-order valence-electron chi connectivity index (χ3n) is 3.07. The van der Waals surface area contributed by atoms with E-state index in [1.165, 1.54) is 0 Å². The van der Waals surface area contributed by atoms with Gasteiger partial charge in [0.2, 0.25) is 5.91 Å². The molecule has 0 saturated heterocycles. The summed E-state index contributed by atoms with van der Waals surface area (Å²) < 4.78 is 11.2. The molecule has 0 aliphatic carbocycles.